The second kappa shape index (κ2) is 13.1. The van der Waals surface area contributed by atoms with Gasteiger partial charge in [0.25, 0.3) is 5.78 Å². The van der Waals surface area contributed by atoms with Crippen molar-refractivity contribution in [3.63, 3.8) is 0 Å². The Labute approximate surface area is 260 Å². The number of carbonyl (C=O) groups is 3. The number of ether oxygens (including phenoxy) is 4. The Morgan fingerprint density at radius 2 is 1.91 bits per heavy atom. The van der Waals surface area contributed by atoms with Crippen LogP contribution in [0.1, 0.15) is 78.1 Å². The molecule has 232 valence electrons. The molecule has 0 spiro atoms. The maximum Gasteiger partial charge on any atom is 0.350 e. The molecular weight excluding hydrogens is 584 g/mol. The number of aryl methyl sites for hydroxylation is 1. The van der Waals surface area contributed by atoms with Crippen molar-refractivity contribution in [1.82, 2.24) is 4.98 Å². The fourth-order valence-electron chi connectivity index (χ4n) is 5.45. The van der Waals surface area contributed by atoms with Gasteiger partial charge in [0.15, 0.2) is 16.6 Å². The Kier molecular flexibility index (Phi) is 9.24. The lowest BCUT2D eigenvalue weighted by atomic mass is 9.94. The third-order valence-corrected chi connectivity index (χ3v) is 8.70. The number of hydrogen-bond acceptors (Lipinski definition) is 10. The maximum absolute atomic E-state index is 13.7. The van der Waals surface area contributed by atoms with E-state index in [-0.39, 0.29) is 27.4 Å². The zero-order valence-electron chi connectivity index (χ0n) is 25.5. The van der Waals surface area contributed by atoms with E-state index in [0.717, 1.165) is 41.9 Å². The van der Waals surface area contributed by atoms with Crippen LogP contribution in [0.25, 0.3) is 5.76 Å². The van der Waals surface area contributed by atoms with E-state index in [0.29, 0.717) is 48.0 Å². The average molecular weight is 621 g/mol. The van der Waals surface area contributed by atoms with Gasteiger partial charge < -0.3 is 24.1 Å². The van der Waals surface area contributed by atoms with E-state index in [1.807, 2.05) is 13.8 Å². The molecule has 2 unspecified atom stereocenters. The van der Waals surface area contributed by atoms with Crippen LogP contribution >= 0.6 is 11.3 Å². The number of amides is 1. The number of unbranched alkanes of at least 4 members (excludes halogenated alkanes) is 2. The molecule has 0 aliphatic carbocycles. The van der Waals surface area contributed by atoms with Gasteiger partial charge >= 0.3 is 11.9 Å². The van der Waals surface area contributed by atoms with Crippen LogP contribution in [-0.4, -0.2) is 54.2 Å². The van der Waals surface area contributed by atoms with Gasteiger partial charge in [-0.25, -0.2) is 9.78 Å². The standard InChI is InChI=1S/C33H36N2O8S/c1-6-8-9-14-42-24-13-10-20(17-25(24)41-7-2)27-26(28(36)21-11-12-23-22(16-21)15-18(3)43-23)29(37)31(38)35(27)33-34-19(4)30(44-33)32(39)40-5/h10-13,16-18,27,36H,6-9,14-15H2,1-5H3/b28-26-. The van der Waals surface area contributed by atoms with Crippen molar-refractivity contribution in [2.75, 3.05) is 25.2 Å². The third kappa shape index (κ3) is 5.88. The number of ketones is 1. The minimum Gasteiger partial charge on any atom is -0.507 e. The summed E-state index contributed by atoms with van der Waals surface area (Å²) < 4.78 is 22.6. The Hall–Kier alpha value is -4.38. The highest BCUT2D eigenvalue weighted by molar-refractivity contribution is 7.17. The van der Waals surface area contributed by atoms with Gasteiger partial charge in [-0.1, -0.05) is 37.2 Å². The van der Waals surface area contributed by atoms with E-state index in [1.165, 1.54) is 12.0 Å². The number of carbonyl (C=O) groups excluding carboxylic acids is 3. The van der Waals surface area contributed by atoms with E-state index >= 15 is 0 Å². The number of hydrogen-bond donors (Lipinski definition) is 1. The Morgan fingerprint density at radius 3 is 2.64 bits per heavy atom. The Bertz CT molecular complexity index is 1630. The number of benzene rings is 2. The number of esters is 1. The summed E-state index contributed by atoms with van der Waals surface area (Å²) in [4.78, 5) is 45.8. The molecule has 0 bridgehead atoms. The van der Waals surface area contributed by atoms with Crippen LogP contribution in [0, 0.1) is 6.92 Å². The third-order valence-electron chi connectivity index (χ3n) is 7.56. The van der Waals surface area contributed by atoms with E-state index in [4.69, 9.17) is 18.9 Å². The van der Waals surface area contributed by atoms with Gasteiger partial charge in [-0.2, -0.15) is 0 Å². The number of aromatic nitrogens is 1. The molecule has 11 heteroatoms. The first kappa shape index (κ1) is 31.1. The quantitative estimate of drug-likeness (QED) is 0.0883. The highest BCUT2D eigenvalue weighted by Crippen LogP contribution is 2.46. The maximum atomic E-state index is 13.7. The zero-order valence-corrected chi connectivity index (χ0v) is 26.3. The normalized spacial score (nSPS) is 18.7. The summed E-state index contributed by atoms with van der Waals surface area (Å²) in [5.74, 6) is -0.971. The SMILES string of the molecule is CCCCCOc1ccc(C2/C(=C(/O)c3ccc4c(c3)CC(C)O4)C(=O)C(=O)N2c2nc(C)c(C(=O)OC)s2)cc1OCC. The van der Waals surface area contributed by atoms with Gasteiger partial charge in [-0.15, -0.1) is 0 Å². The van der Waals surface area contributed by atoms with Crippen LogP contribution in [0.3, 0.4) is 0 Å². The molecule has 1 aromatic heterocycles. The predicted octanol–water partition coefficient (Wildman–Crippen LogP) is 6.16. The lowest BCUT2D eigenvalue weighted by molar-refractivity contribution is -0.132. The number of methoxy groups -OCH3 is 1. The topological polar surface area (TPSA) is 124 Å². The Balaban J connectivity index is 1.65. The molecule has 44 heavy (non-hydrogen) atoms. The minimum atomic E-state index is -1.07. The van der Waals surface area contributed by atoms with Gasteiger partial charge in [0.05, 0.1) is 37.6 Å². The van der Waals surface area contributed by atoms with Crippen LogP contribution in [0.2, 0.25) is 0 Å². The van der Waals surface area contributed by atoms with Crippen LogP contribution in [0.15, 0.2) is 42.0 Å². The largest absolute Gasteiger partial charge is 0.507 e. The predicted molar refractivity (Wildman–Crippen MR) is 166 cm³/mol. The first-order valence-corrected chi connectivity index (χ1v) is 15.6. The molecule has 0 radical (unpaired) electrons. The number of rotatable bonds is 11. The van der Waals surface area contributed by atoms with Gasteiger partial charge in [0.2, 0.25) is 0 Å². The summed E-state index contributed by atoms with van der Waals surface area (Å²) in [6.07, 6.45) is 3.62. The molecule has 10 nitrogen and oxygen atoms in total. The summed E-state index contributed by atoms with van der Waals surface area (Å²) in [5.41, 5.74) is 2.04. The molecule has 2 aliphatic rings. The van der Waals surface area contributed by atoms with Crippen LogP contribution < -0.4 is 19.1 Å². The smallest absolute Gasteiger partial charge is 0.350 e. The molecule has 1 saturated heterocycles. The van der Waals surface area contributed by atoms with Gasteiger partial charge in [0.1, 0.15) is 22.5 Å². The molecule has 3 aromatic rings. The van der Waals surface area contributed by atoms with Crippen LogP contribution in [0.4, 0.5) is 5.13 Å². The van der Waals surface area contributed by atoms with Gasteiger partial charge in [-0.05, 0) is 68.7 Å². The fraction of sp³-hybridized carbons (Fsp3) is 0.394. The number of nitrogens with zero attached hydrogens (tertiary/aromatic N) is 2. The number of aliphatic hydroxyl groups is 1. The second-order valence-corrected chi connectivity index (χ2v) is 11.7. The number of anilines is 1. The molecule has 0 saturated carbocycles. The number of thiazole rings is 1. The molecule has 2 aliphatic heterocycles. The lowest BCUT2D eigenvalue weighted by Crippen LogP contribution is -2.29. The zero-order chi connectivity index (χ0) is 31.5. The average Bonchev–Trinajstić information content (AvgIpc) is 3.66. The van der Waals surface area contributed by atoms with Crippen molar-refractivity contribution in [2.24, 2.45) is 0 Å². The molecule has 2 aromatic carbocycles. The number of aliphatic hydroxyl groups excluding tert-OH is 1. The van der Waals surface area contributed by atoms with Crippen molar-refractivity contribution < 1.29 is 38.4 Å². The van der Waals surface area contributed by atoms with E-state index in [9.17, 15) is 19.5 Å². The monoisotopic (exact) mass is 620 g/mol. The summed E-state index contributed by atoms with van der Waals surface area (Å²) in [6, 6.07) is 9.34. The minimum absolute atomic E-state index is 0.00943. The van der Waals surface area contributed by atoms with Gasteiger partial charge in [-0.3, -0.25) is 14.5 Å². The molecule has 5 rings (SSSR count). The van der Waals surface area contributed by atoms with E-state index < -0.39 is 23.7 Å². The van der Waals surface area contributed by atoms with Crippen molar-refractivity contribution in [1.29, 1.82) is 0 Å². The number of Topliss-reactive ketones (excluding diaryl/α,β-unsaturated/α-hetero) is 1. The van der Waals surface area contributed by atoms with Crippen molar-refractivity contribution in [2.45, 2.75) is 65.5 Å². The van der Waals surface area contributed by atoms with Gasteiger partial charge in [0, 0.05) is 12.0 Å². The fourth-order valence-corrected chi connectivity index (χ4v) is 6.47. The molecule has 1 fully saturated rings. The van der Waals surface area contributed by atoms with E-state index in [2.05, 4.69) is 11.9 Å². The summed E-state index contributed by atoms with van der Waals surface area (Å²) in [7, 11) is 1.26. The van der Waals surface area contributed by atoms with Crippen molar-refractivity contribution in [3.8, 4) is 17.2 Å². The lowest BCUT2D eigenvalue weighted by Gasteiger charge is -2.24. The molecule has 3 heterocycles. The highest BCUT2D eigenvalue weighted by atomic mass is 32.1. The highest BCUT2D eigenvalue weighted by Gasteiger charge is 2.49. The first-order chi connectivity index (χ1) is 21.2. The van der Waals surface area contributed by atoms with Crippen molar-refractivity contribution in [3.05, 3.63) is 69.2 Å². The first-order valence-electron chi connectivity index (χ1n) is 14.7. The molecule has 1 N–H and O–H groups in total. The van der Waals surface area contributed by atoms with E-state index in [1.54, 1.807) is 43.3 Å². The second-order valence-electron chi connectivity index (χ2n) is 10.7. The van der Waals surface area contributed by atoms with Crippen LogP contribution in [0.5, 0.6) is 17.2 Å². The molecule has 2 atom stereocenters. The molecule has 1 amide bonds. The number of fused-ring (bicyclic) bond motifs is 1. The Morgan fingerprint density at radius 1 is 1.11 bits per heavy atom. The summed E-state index contributed by atoms with van der Waals surface area (Å²) in [5, 5.41) is 11.8. The summed E-state index contributed by atoms with van der Waals surface area (Å²) in [6.45, 7) is 8.43. The molecular formula is C33H36N2O8S. The summed E-state index contributed by atoms with van der Waals surface area (Å²) >= 11 is 0.944. The van der Waals surface area contributed by atoms with Crippen LogP contribution in [-0.2, 0) is 20.7 Å². The van der Waals surface area contributed by atoms with Crippen molar-refractivity contribution >= 4 is 39.9 Å².